The predicted octanol–water partition coefficient (Wildman–Crippen LogP) is 1.71. The van der Waals surface area contributed by atoms with Crippen LogP contribution >= 0.6 is 0 Å². The van der Waals surface area contributed by atoms with E-state index in [9.17, 15) is 22.8 Å². The van der Waals surface area contributed by atoms with E-state index in [2.05, 4.69) is 4.99 Å². The number of aliphatic imine (C=N–C) groups is 1. The van der Waals surface area contributed by atoms with E-state index < -0.39 is 23.6 Å². The lowest BCUT2D eigenvalue weighted by Gasteiger charge is -2.14. The Morgan fingerprint density at radius 2 is 1.74 bits per heavy atom. The molecule has 98 valence electrons. The van der Waals surface area contributed by atoms with E-state index in [4.69, 9.17) is 5.73 Å². The van der Waals surface area contributed by atoms with Gasteiger partial charge in [0.05, 0.1) is 0 Å². The number of rotatable bonds is 0. The van der Waals surface area contributed by atoms with Crippen LogP contribution < -0.4 is 5.73 Å². The van der Waals surface area contributed by atoms with Crippen molar-refractivity contribution in [3.8, 4) is 0 Å². The van der Waals surface area contributed by atoms with E-state index in [0.29, 0.717) is 5.56 Å². The zero-order valence-corrected chi connectivity index (χ0v) is 9.36. The maximum Gasteiger partial charge on any atom is 0.473 e. The van der Waals surface area contributed by atoms with Crippen LogP contribution in [0, 0.1) is 0 Å². The molecule has 0 bridgehead atoms. The number of nitrogens with zero attached hydrogens (tertiary/aromatic N) is 1. The van der Waals surface area contributed by atoms with Crippen molar-refractivity contribution >= 4 is 23.1 Å². The van der Waals surface area contributed by atoms with Crippen LogP contribution in [0.1, 0.15) is 15.9 Å². The van der Waals surface area contributed by atoms with Crippen molar-refractivity contribution in [2.24, 2.45) is 10.7 Å². The largest absolute Gasteiger partial charge is 0.473 e. The molecule has 0 atom stereocenters. The van der Waals surface area contributed by atoms with Gasteiger partial charge in [0.25, 0.3) is 0 Å². The molecule has 4 nitrogen and oxygen atoms in total. The maximum absolute atomic E-state index is 12.1. The summed E-state index contributed by atoms with van der Waals surface area (Å²) in [5.41, 5.74) is 5.62. The van der Waals surface area contributed by atoms with E-state index in [1.54, 1.807) is 18.2 Å². The number of nitrogens with two attached hydrogens (primary N) is 1. The Bertz CT molecular complexity index is 630. The second-order valence-corrected chi connectivity index (χ2v) is 3.77. The average molecular weight is 268 g/mol. The molecule has 1 amide bonds. The van der Waals surface area contributed by atoms with Crippen LogP contribution in [0.4, 0.5) is 13.2 Å². The van der Waals surface area contributed by atoms with E-state index in [1.165, 1.54) is 6.07 Å². The highest BCUT2D eigenvalue weighted by molar-refractivity contribution is 6.53. The van der Waals surface area contributed by atoms with Gasteiger partial charge in [-0.15, -0.1) is 0 Å². The summed E-state index contributed by atoms with van der Waals surface area (Å²) in [6, 6.07) is 6.14. The Morgan fingerprint density at radius 1 is 1.16 bits per heavy atom. The SMILES string of the molecule is NC1=CC(=NC(=O)C(F)(F)F)C(=O)c2ccccc21. The molecule has 0 aromatic heterocycles. The van der Waals surface area contributed by atoms with Gasteiger partial charge >= 0.3 is 12.1 Å². The molecule has 0 fully saturated rings. The highest BCUT2D eigenvalue weighted by atomic mass is 19.4. The number of ketones is 1. The minimum atomic E-state index is -5.12. The van der Waals surface area contributed by atoms with Crippen LogP contribution in [0.15, 0.2) is 35.3 Å². The number of hydrogen-bond donors (Lipinski definition) is 1. The molecule has 0 saturated carbocycles. The van der Waals surface area contributed by atoms with Crippen LogP contribution in [-0.4, -0.2) is 23.6 Å². The number of alkyl halides is 3. The number of Topliss-reactive ketones (excluding diaryl/α,β-unsaturated/α-hetero) is 1. The predicted molar refractivity (Wildman–Crippen MR) is 61.4 cm³/mol. The molecule has 0 heterocycles. The molecular formula is C12H7F3N2O2. The summed E-state index contributed by atoms with van der Waals surface area (Å²) < 4.78 is 36.3. The number of hydrogen-bond acceptors (Lipinski definition) is 3. The fourth-order valence-corrected chi connectivity index (χ4v) is 1.62. The molecule has 0 saturated heterocycles. The number of halogens is 3. The number of allylic oxidation sites excluding steroid dienone is 1. The van der Waals surface area contributed by atoms with Crippen LogP contribution in [0.25, 0.3) is 5.70 Å². The lowest BCUT2D eigenvalue weighted by Crippen LogP contribution is -2.27. The van der Waals surface area contributed by atoms with Crippen LogP contribution in [0.2, 0.25) is 0 Å². The fourth-order valence-electron chi connectivity index (χ4n) is 1.62. The summed E-state index contributed by atoms with van der Waals surface area (Å²) in [5.74, 6) is -3.10. The lowest BCUT2D eigenvalue weighted by atomic mass is 9.92. The fraction of sp³-hybridized carbons (Fsp3) is 0.0833. The molecule has 0 aliphatic heterocycles. The second-order valence-electron chi connectivity index (χ2n) is 3.77. The zero-order chi connectivity index (χ0) is 14.2. The third-order valence-corrected chi connectivity index (χ3v) is 2.47. The van der Waals surface area contributed by atoms with E-state index in [1.807, 2.05) is 0 Å². The molecule has 1 aliphatic carbocycles. The first-order valence-corrected chi connectivity index (χ1v) is 5.12. The van der Waals surface area contributed by atoms with Crippen LogP contribution in [0.5, 0.6) is 0 Å². The summed E-state index contributed by atoms with van der Waals surface area (Å²) in [7, 11) is 0. The highest BCUT2D eigenvalue weighted by Gasteiger charge is 2.39. The number of carbonyl (C=O) groups excluding carboxylic acids is 2. The first kappa shape index (κ1) is 13.0. The van der Waals surface area contributed by atoms with Crippen LogP contribution in [-0.2, 0) is 4.79 Å². The molecule has 2 N–H and O–H groups in total. The van der Waals surface area contributed by atoms with Crippen molar-refractivity contribution in [3.05, 3.63) is 41.5 Å². The Labute approximate surface area is 105 Å². The summed E-state index contributed by atoms with van der Waals surface area (Å²) in [6.07, 6.45) is -4.15. The Balaban J connectivity index is 2.49. The summed E-state index contributed by atoms with van der Waals surface area (Å²) in [4.78, 5) is 25.4. The summed E-state index contributed by atoms with van der Waals surface area (Å²) in [6.45, 7) is 0. The molecule has 19 heavy (non-hydrogen) atoms. The Kier molecular flexibility index (Phi) is 2.97. The number of fused-ring (bicyclic) bond motifs is 1. The van der Waals surface area contributed by atoms with Crippen molar-refractivity contribution in [2.45, 2.75) is 6.18 Å². The number of carbonyl (C=O) groups is 2. The molecule has 0 spiro atoms. The summed E-state index contributed by atoms with van der Waals surface area (Å²) >= 11 is 0. The van der Waals surface area contributed by atoms with Gasteiger partial charge in [0.15, 0.2) is 0 Å². The summed E-state index contributed by atoms with van der Waals surface area (Å²) in [5, 5.41) is 0. The second kappa shape index (κ2) is 4.34. The first-order chi connectivity index (χ1) is 8.80. The zero-order valence-electron chi connectivity index (χ0n) is 9.36. The molecule has 1 aliphatic rings. The van der Waals surface area contributed by atoms with E-state index >= 15 is 0 Å². The smallest absolute Gasteiger partial charge is 0.398 e. The van der Waals surface area contributed by atoms with Gasteiger partial charge in [-0.05, 0) is 6.08 Å². The van der Waals surface area contributed by atoms with Gasteiger partial charge in [-0.1, -0.05) is 24.3 Å². The van der Waals surface area contributed by atoms with E-state index in [-0.39, 0.29) is 11.3 Å². The number of amides is 1. The van der Waals surface area contributed by atoms with Gasteiger partial charge in [-0.25, -0.2) is 4.99 Å². The van der Waals surface area contributed by atoms with Crippen LogP contribution in [0.3, 0.4) is 0 Å². The minimum Gasteiger partial charge on any atom is -0.398 e. The molecule has 1 aromatic carbocycles. The van der Waals surface area contributed by atoms with Gasteiger partial charge < -0.3 is 5.73 Å². The third-order valence-electron chi connectivity index (χ3n) is 2.47. The van der Waals surface area contributed by atoms with Gasteiger partial charge in [0, 0.05) is 16.8 Å². The van der Waals surface area contributed by atoms with Gasteiger partial charge in [-0.3, -0.25) is 9.59 Å². The van der Waals surface area contributed by atoms with Gasteiger partial charge in [0.2, 0.25) is 5.78 Å². The van der Waals surface area contributed by atoms with Gasteiger partial charge in [-0.2, -0.15) is 13.2 Å². The van der Waals surface area contributed by atoms with Crippen molar-refractivity contribution in [2.75, 3.05) is 0 Å². The van der Waals surface area contributed by atoms with Crippen molar-refractivity contribution in [1.82, 2.24) is 0 Å². The van der Waals surface area contributed by atoms with Crippen molar-refractivity contribution in [3.63, 3.8) is 0 Å². The standard InChI is InChI=1S/C12H7F3N2O2/c13-12(14,15)11(19)17-9-5-8(16)6-3-1-2-4-7(6)10(9)18/h1-5H,16H2. The molecular weight excluding hydrogens is 261 g/mol. The molecule has 0 radical (unpaired) electrons. The Morgan fingerprint density at radius 3 is 2.32 bits per heavy atom. The number of benzene rings is 1. The molecule has 2 rings (SSSR count). The molecule has 0 unspecified atom stereocenters. The van der Waals surface area contributed by atoms with Crippen molar-refractivity contribution in [1.29, 1.82) is 0 Å². The Hall–Kier alpha value is -2.44. The topological polar surface area (TPSA) is 72.5 Å². The normalized spacial score (nSPS) is 17.1. The quantitative estimate of drug-likeness (QED) is 0.778. The highest BCUT2D eigenvalue weighted by Crippen LogP contribution is 2.23. The van der Waals surface area contributed by atoms with E-state index in [0.717, 1.165) is 6.08 Å². The van der Waals surface area contributed by atoms with Crippen molar-refractivity contribution < 1.29 is 22.8 Å². The first-order valence-electron chi connectivity index (χ1n) is 5.12. The average Bonchev–Trinajstić information content (AvgIpc) is 2.34. The maximum atomic E-state index is 12.1. The van der Waals surface area contributed by atoms with Gasteiger partial charge in [0.1, 0.15) is 5.71 Å². The molecule has 1 aromatic rings. The molecule has 7 heteroatoms. The lowest BCUT2D eigenvalue weighted by molar-refractivity contribution is -0.169. The monoisotopic (exact) mass is 268 g/mol. The minimum absolute atomic E-state index is 0.0870. The third kappa shape index (κ3) is 2.40.